The Morgan fingerprint density at radius 3 is 2.89 bits per heavy atom. The van der Waals surface area contributed by atoms with Crippen molar-refractivity contribution in [1.82, 2.24) is 9.88 Å². The molecule has 0 saturated heterocycles. The Balaban J connectivity index is 1.35. The van der Waals surface area contributed by atoms with Crippen molar-refractivity contribution in [1.29, 1.82) is 5.26 Å². The number of hydrogen-bond donors (Lipinski definition) is 1. The maximum atomic E-state index is 12.6. The summed E-state index contributed by atoms with van der Waals surface area (Å²) in [5, 5.41) is 13.2. The van der Waals surface area contributed by atoms with Gasteiger partial charge in [-0.1, -0.05) is 18.2 Å². The van der Waals surface area contributed by atoms with E-state index in [1.807, 2.05) is 37.3 Å². The van der Waals surface area contributed by atoms with Crippen LogP contribution >= 0.6 is 11.3 Å². The van der Waals surface area contributed by atoms with Gasteiger partial charge in [-0.25, -0.2) is 4.79 Å². The molecule has 9 heteroatoms. The van der Waals surface area contributed by atoms with Gasteiger partial charge < -0.3 is 19.7 Å². The van der Waals surface area contributed by atoms with E-state index in [2.05, 4.69) is 16.4 Å². The molecule has 0 fully saturated rings. The second-order valence-corrected chi connectivity index (χ2v) is 9.14. The predicted octanol–water partition coefficient (Wildman–Crippen LogP) is 4.68. The molecule has 2 aromatic heterocycles. The first kappa shape index (κ1) is 24.2. The summed E-state index contributed by atoms with van der Waals surface area (Å²) in [6, 6.07) is 13.6. The first-order chi connectivity index (χ1) is 17.1. The fourth-order valence-electron chi connectivity index (χ4n) is 3.89. The summed E-state index contributed by atoms with van der Waals surface area (Å²) in [6.07, 6.45) is 4.30. The molecule has 0 saturated carbocycles. The molecule has 0 radical (unpaired) electrons. The van der Waals surface area contributed by atoms with Crippen LogP contribution in [0, 0.1) is 11.3 Å². The summed E-state index contributed by atoms with van der Waals surface area (Å²) in [5.41, 5.74) is 3.21. The van der Waals surface area contributed by atoms with Gasteiger partial charge in [-0.2, -0.15) is 5.26 Å². The molecule has 3 heterocycles. The lowest BCUT2D eigenvalue weighted by Gasteiger charge is -2.26. The van der Waals surface area contributed by atoms with Gasteiger partial charge in [0.25, 0.3) is 0 Å². The van der Waals surface area contributed by atoms with Gasteiger partial charge in [-0.15, -0.1) is 11.3 Å². The van der Waals surface area contributed by atoms with Crippen molar-refractivity contribution in [3.05, 3.63) is 75.9 Å². The zero-order valence-corrected chi connectivity index (χ0v) is 20.3. The lowest BCUT2D eigenvalue weighted by atomic mass is 10.0. The largest absolute Gasteiger partial charge is 0.494 e. The standard InChI is InChI=1S/C26H26N4O4S/c1-2-33-20-7-3-5-18(13-20)8-9-24(31)29-25-22(14-27)21-10-12-30(16-23(21)35-25)26(32)34-17-19-6-4-11-28-15-19/h3-7,11,13,15H,2,8-10,12,16-17H2,1H3,(H,29,31). The van der Waals surface area contributed by atoms with Gasteiger partial charge in [0.05, 0.1) is 18.7 Å². The van der Waals surface area contributed by atoms with Crippen LogP contribution in [0.4, 0.5) is 9.80 Å². The van der Waals surface area contributed by atoms with Crippen LogP contribution in [-0.4, -0.2) is 35.0 Å². The Kier molecular flexibility index (Phi) is 7.95. The van der Waals surface area contributed by atoms with E-state index in [4.69, 9.17) is 9.47 Å². The van der Waals surface area contributed by atoms with Gasteiger partial charge in [0, 0.05) is 35.8 Å². The quantitative estimate of drug-likeness (QED) is 0.492. The highest BCUT2D eigenvalue weighted by Gasteiger charge is 2.28. The molecule has 8 nitrogen and oxygen atoms in total. The van der Waals surface area contributed by atoms with Crippen LogP contribution in [0.1, 0.15) is 40.5 Å². The number of benzene rings is 1. The van der Waals surface area contributed by atoms with Crippen molar-refractivity contribution in [2.24, 2.45) is 0 Å². The highest BCUT2D eigenvalue weighted by atomic mass is 32.1. The van der Waals surface area contributed by atoms with Gasteiger partial charge in [0.2, 0.25) is 5.91 Å². The van der Waals surface area contributed by atoms with Crippen LogP contribution in [-0.2, 0) is 35.5 Å². The Hall–Kier alpha value is -3.90. The second kappa shape index (κ2) is 11.5. The molecule has 0 aliphatic carbocycles. The van der Waals surface area contributed by atoms with E-state index in [1.54, 1.807) is 23.4 Å². The highest BCUT2D eigenvalue weighted by Crippen LogP contribution is 2.37. The van der Waals surface area contributed by atoms with E-state index in [0.29, 0.717) is 43.1 Å². The average Bonchev–Trinajstić information content (AvgIpc) is 3.23. The number of fused-ring (bicyclic) bond motifs is 1. The molecule has 1 aliphatic heterocycles. The molecule has 0 spiro atoms. The maximum absolute atomic E-state index is 12.6. The zero-order chi connectivity index (χ0) is 24.6. The predicted molar refractivity (Wildman–Crippen MR) is 132 cm³/mol. The van der Waals surface area contributed by atoms with E-state index in [9.17, 15) is 14.9 Å². The number of thiophene rings is 1. The Labute approximate surface area is 208 Å². The molecule has 4 rings (SSSR count). The number of hydrogen-bond acceptors (Lipinski definition) is 7. The van der Waals surface area contributed by atoms with Crippen LogP contribution in [0.2, 0.25) is 0 Å². The second-order valence-electron chi connectivity index (χ2n) is 8.04. The number of rotatable bonds is 8. The number of pyridine rings is 1. The van der Waals surface area contributed by atoms with Crippen LogP contribution in [0.15, 0.2) is 48.8 Å². The van der Waals surface area contributed by atoms with Crippen molar-refractivity contribution < 1.29 is 19.1 Å². The van der Waals surface area contributed by atoms with Gasteiger partial charge in [-0.05, 0) is 49.1 Å². The van der Waals surface area contributed by atoms with Crippen LogP contribution < -0.4 is 10.1 Å². The van der Waals surface area contributed by atoms with E-state index in [0.717, 1.165) is 27.3 Å². The summed E-state index contributed by atoms with van der Waals surface area (Å²) in [6.45, 7) is 3.47. The van der Waals surface area contributed by atoms with E-state index >= 15 is 0 Å². The van der Waals surface area contributed by atoms with E-state index in [-0.39, 0.29) is 18.9 Å². The van der Waals surface area contributed by atoms with Crippen LogP contribution in [0.25, 0.3) is 0 Å². The summed E-state index contributed by atoms with van der Waals surface area (Å²) < 4.78 is 10.9. The number of ether oxygens (including phenoxy) is 2. The molecule has 1 aromatic carbocycles. The molecule has 180 valence electrons. The molecule has 0 unspecified atom stereocenters. The number of amides is 2. The van der Waals surface area contributed by atoms with Crippen molar-refractivity contribution in [2.75, 3.05) is 18.5 Å². The number of aryl methyl sites for hydroxylation is 1. The van der Waals surface area contributed by atoms with Gasteiger partial charge in [0.1, 0.15) is 23.4 Å². The van der Waals surface area contributed by atoms with Crippen molar-refractivity contribution >= 4 is 28.3 Å². The molecule has 1 aliphatic rings. The molecule has 35 heavy (non-hydrogen) atoms. The lowest BCUT2D eigenvalue weighted by molar-refractivity contribution is -0.116. The van der Waals surface area contributed by atoms with Gasteiger partial charge in [0.15, 0.2) is 0 Å². The van der Waals surface area contributed by atoms with Crippen molar-refractivity contribution in [3.8, 4) is 11.8 Å². The maximum Gasteiger partial charge on any atom is 0.410 e. The van der Waals surface area contributed by atoms with Gasteiger partial charge >= 0.3 is 6.09 Å². The van der Waals surface area contributed by atoms with Crippen molar-refractivity contribution in [2.45, 2.75) is 39.3 Å². The molecule has 3 aromatic rings. The van der Waals surface area contributed by atoms with E-state index < -0.39 is 6.09 Å². The normalized spacial score (nSPS) is 12.4. The highest BCUT2D eigenvalue weighted by molar-refractivity contribution is 7.16. The summed E-state index contributed by atoms with van der Waals surface area (Å²) in [4.78, 5) is 31.7. The number of carbonyl (C=O) groups excluding carboxylic acids is 2. The Morgan fingerprint density at radius 2 is 2.11 bits per heavy atom. The number of aromatic nitrogens is 1. The number of carbonyl (C=O) groups is 2. The molecule has 1 N–H and O–H groups in total. The summed E-state index contributed by atoms with van der Waals surface area (Å²) in [7, 11) is 0. The van der Waals surface area contributed by atoms with Crippen molar-refractivity contribution in [3.63, 3.8) is 0 Å². The summed E-state index contributed by atoms with van der Waals surface area (Å²) >= 11 is 1.35. The minimum atomic E-state index is -0.411. The first-order valence-electron chi connectivity index (χ1n) is 11.4. The number of anilines is 1. The minimum absolute atomic E-state index is 0.151. The van der Waals surface area contributed by atoms with E-state index in [1.165, 1.54) is 11.3 Å². The molecule has 2 amide bonds. The molecule has 0 atom stereocenters. The Bertz CT molecular complexity index is 1240. The third-order valence-corrected chi connectivity index (χ3v) is 6.75. The minimum Gasteiger partial charge on any atom is -0.494 e. The Morgan fingerprint density at radius 1 is 1.26 bits per heavy atom. The zero-order valence-electron chi connectivity index (χ0n) is 19.5. The van der Waals surface area contributed by atoms with Crippen LogP contribution in [0.5, 0.6) is 5.75 Å². The number of nitrogens with one attached hydrogen (secondary N) is 1. The molecular weight excluding hydrogens is 464 g/mol. The molecular formula is C26H26N4O4S. The SMILES string of the molecule is CCOc1cccc(CCC(=O)Nc2sc3c(c2C#N)CCN(C(=O)OCc2cccnc2)C3)c1. The smallest absolute Gasteiger partial charge is 0.410 e. The fourth-order valence-corrected chi connectivity index (χ4v) is 5.12. The topological polar surface area (TPSA) is 105 Å². The lowest BCUT2D eigenvalue weighted by Crippen LogP contribution is -2.35. The first-order valence-corrected chi connectivity index (χ1v) is 12.3. The van der Waals surface area contributed by atoms with Crippen LogP contribution in [0.3, 0.4) is 0 Å². The third kappa shape index (κ3) is 6.16. The number of nitriles is 1. The fraction of sp³-hybridized carbons (Fsp3) is 0.308. The molecule has 0 bridgehead atoms. The third-order valence-electron chi connectivity index (χ3n) is 5.62. The average molecular weight is 491 g/mol. The number of nitrogens with zero attached hydrogens (tertiary/aromatic N) is 3. The summed E-state index contributed by atoms with van der Waals surface area (Å²) in [5.74, 6) is 0.626. The monoisotopic (exact) mass is 490 g/mol. The van der Waals surface area contributed by atoms with Gasteiger partial charge in [-0.3, -0.25) is 9.78 Å².